The van der Waals surface area contributed by atoms with Crippen LogP contribution in [0.4, 0.5) is 0 Å². The van der Waals surface area contributed by atoms with Crippen LogP contribution in [-0.4, -0.2) is 81.6 Å². The number of hydrogen-bond acceptors (Lipinski definition) is 4. The van der Waals surface area contributed by atoms with E-state index in [1.165, 1.54) is 0 Å². The number of aromatic nitrogens is 2. The molecule has 0 radical (unpaired) electrons. The molecule has 4 heterocycles. The van der Waals surface area contributed by atoms with Gasteiger partial charge >= 0.3 is 0 Å². The molecule has 0 atom stereocenters. The Kier molecular flexibility index (Phi) is 5.27. The fraction of sp³-hybridized carbons (Fsp3) is 0.500. The van der Waals surface area contributed by atoms with Gasteiger partial charge < -0.3 is 14.7 Å². The zero-order valence-corrected chi connectivity index (χ0v) is 15.9. The SMILES string of the molecule is O=CN1CCN(C(=O)c2nc(C(=O)N3CCCCCC3)c3ccccn23)CC1. The summed E-state index contributed by atoms with van der Waals surface area (Å²) < 4.78 is 1.71. The second-order valence-corrected chi connectivity index (χ2v) is 7.38. The van der Waals surface area contributed by atoms with E-state index in [0.717, 1.165) is 45.2 Å². The minimum atomic E-state index is -0.207. The van der Waals surface area contributed by atoms with E-state index in [9.17, 15) is 14.4 Å². The fourth-order valence-corrected chi connectivity index (χ4v) is 3.94. The molecule has 28 heavy (non-hydrogen) atoms. The van der Waals surface area contributed by atoms with Crippen molar-refractivity contribution in [3.8, 4) is 0 Å². The van der Waals surface area contributed by atoms with Crippen molar-refractivity contribution in [2.45, 2.75) is 25.7 Å². The topological polar surface area (TPSA) is 78.2 Å². The molecule has 0 unspecified atom stereocenters. The van der Waals surface area contributed by atoms with Gasteiger partial charge in [0.05, 0.1) is 5.52 Å². The van der Waals surface area contributed by atoms with Gasteiger partial charge in [-0.2, -0.15) is 0 Å². The average Bonchev–Trinajstić information content (AvgIpc) is 2.92. The molecule has 3 amide bonds. The first kappa shape index (κ1) is 18.5. The minimum absolute atomic E-state index is 0.101. The van der Waals surface area contributed by atoms with Gasteiger partial charge in [0.2, 0.25) is 12.2 Å². The van der Waals surface area contributed by atoms with Gasteiger partial charge in [-0.3, -0.25) is 18.8 Å². The molecule has 148 valence electrons. The van der Waals surface area contributed by atoms with Gasteiger partial charge in [-0.05, 0) is 25.0 Å². The zero-order chi connectivity index (χ0) is 19.5. The van der Waals surface area contributed by atoms with E-state index in [1.807, 2.05) is 23.1 Å². The molecule has 2 fully saturated rings. The molecule has 8 nitrogen and oxygen atoms in total. The van der Waals surface area contributed by atoms with Crippen molar-refractivity contribution >= 4 is 23.7 Å². The van der Waals surface area contributed by atoms with Crippen molar-refractivity contribution in [3.63, 3.8) is 0 Å². The van der Waals surface area contributed by atoms with Crippen LogP contribution in [-0.2, 0) is 4.79 Å². The molecule has 0 aromatic carbocycles. The highest BCUT2D eigenvalue weighted by Crippen LogP contribution is 2.19. The number of fused-ring (bicyclic) bond motifs is 1. The molecule has 0 bridgehead atoms. The summed E-state index contributed by atoms with van der Waals surface area (Å²) in [4.78, 5) is 46.8. The molecule has 2 saturated heterocycles. The maximum absolute atomic E-state index is 13.1. The number of rotatable bonds is 3. The predicted octanol–water partition coefficient (Wildman–Crippen LogP) is 1.26. The first-order valence-electron chi connectivity index (χ1n) is 9.94. The molecule has 0 saturated carbocycles. The van der Waals surface area contributed by atoms with Gasteiger partial charge in [0.25, 0.3) is 11.8 Å². The number of amides is 3. The summed E-state index contributed by atoms with van der Waals surface area (Å²) in [5, 5.41) is 0. The molecule has 0 aliphatic carbocycles. The van der Waals surface area contributed by atoms with Gasteiger partial charge in [-0.25, -0.2) is 4.98 Å². The smallest absolute Gasteiger partial charge is 0.290 e. The zero-order valence-electron chi connectivity index (χ0n) is 15.9. The summed E-state index contributed by atoms with van der Waals surface area (Å²) in [6.07, 6.45) is 6.88. The molecule has 0 spiro atoms. The van der Waals surface area contributed by atoms with E-state index in [2.05, 4.69) is 4.98 Å². The molecule has 2 aliphatic heterocycles. The van der Waals surface area contributed by atoms with Gasteiger partial charge in [-0.15, -0.1) is 0 Å². The fourth-order valence-electron chi connectivity index (χ4n) is 3.94. The Hall–Kier alpha value is -2.90. The van der Waals surface area contributed by atoms with E-state index in [-0.39, 0.29) is 17.6 Å². The number of pyridine rings is 1. The average molecular weight is 383 g/mol. The van der Waals surface area contributed by atoms with Crippen molar-refractivity contribution in [1.29, 1.82) is 0 Å². The highest BCUT2D eigenvalue weighted by molar-refractivity contribution is 6.02. The van der Waals surface area contributed by atoms with Crippen LogP contribution in [0.25, 0.3) is 5.52 Å². The summed E-state index contributed by atoms with van der Waals surface area (Å²) in [6.45, 7) is 3.43. The lowest BCUT2D eigenvalue weighted by molar-refractivity contribution is -0.119. The van der Waals surface area contributed by atoms with Crippen LogP contribution in [0.5, 0.6) is 0 Å². The van der Waals surface area contributed by atoms with Crippen LogP contribution in [0.1, 0.15) is 46.8 Å². The number of nitrogens with zero attached hydrogens (tertiary/aromatic N) is 5. The maximum atomic E-state index is 13.1. The third-order valence-electron chi connectivity index (χ3n) is 5.59. The Labute approximate surface area is 163 Å². The van der Waals surface area contributed by atoms with E-state index in [0.29, 0.717) is 37.4 Å². The summed E-state index contributed by atoms with van der Waals surface area (Å²) in [5.74, 6) is -0.0505. The van der Waals surface area contributed by atoms with Crippen LogP contribution >= 0.6 is 0 Å². The van der Waals surface area contributed by atoms with Gasteiger partial charge in [0, 0.05) is 45.5 Å². The second kappa shape index (κ2) is 8.00. The molecule has 2 aromatic heterocycles. The van der Waals surface area contributed by atoms with E-state index >= 15 is 0 Å². The number of likely N-dealkylation sites (tertiary alicyclic amines) is 1. The summed E-state index contributed by atoms with van der Waals surface area (Å²) in [6, 6.07) is 5.52. The maximum Gasteiger partial charge on any atom is 0.290 e. The standard InChI is InChI=1S/C20H25N5O3/c26-15-22-11-13-24(14-12-22)20(28)18-21-17(16-7-3-6-10-25(16)18)19(27)23-8-4-1-2-5-9-23/h3,6-7,10,15H,1-2,4-5,8-9,11-14H2. The van der Waals surface area contributed by atoms with Crippen LogP contribution < -0.4 is 0 Å². The highest BCUT2D eigenvalue weighted by Gasteiger charge is 2.29. The van der Waals surface area contributed by atoms with Crippen molar-refractivity contribution in [3.05, 3.63) is 35.9 Å². The van der Waals surface area contributed by atoms with Crippen LogP contribution in [0, 0.1) is 0 Å². The van der Waals surface area contributed by atoms with E-state index < -0.39 is 0 Å². The lowest BCUT2D eigenvalue weighted by Crippen LogP contribution is -2.48. The number of imidazole rings is 1. The lowest BCUT2D eigenvalue weighted by atomic mass is 10.2. The highest BCUT2D eigenvalue weighted by atomic mass is 16.2. The Morgan fingerprint density at radius 2 is 1.54 bits per heavy atom. The Morgan fingerprint density at radius 3 is 2.21 bits per heavy atom. The largest absolute Gasteiger partial charge is 0.342 e. The lowest BCUT2D eigenvalue weighted by Gasteiger charge is -2.32. The van der Waals surface area contributed by atoms with Crippen LogP contribution in [0.3, 0.4) is 0 Å². The number of hydrogen-bond donors (Lipinski definition) is 0. The quantitative estimate of drug-likeness (QED) is 0.748. The molecule has 4 rings (SSSR count). The molecular formula is C20H25N5O3. The van der Waals surface area contributed by atoms with Crippen molar-refractivity contribution in [2.75, 3.05) is 39.3 Å². The van der Waals surface area contributed by atoms with Gasteiger partial charge in [0.1, 0.15) is 0 Å². The first-order chi connectivity index (χ1) is 13.7. The van der Waals surface area contributed by atoms with Crippen LogP contribution in [0.15, 0.2) is 24.4 Å². The Bertz CT molecular complexity index is 877. The molecule has 2 aromatic rings. The van der Waals surface area contributed by atoms with E-state index in [1.54, 1.807) is 20.4 Å². The molecule has 8 heteroatoms. The monoisotopic (exact) mass is 383 g/mol. The normalized spacial score (nSPS) is 18.2. The van der Waals surface area contributed by atoms with Gasteiger partial charge in [0.15, 0.2) is 5.69 Å². The molecule has 0 N–H and O–H groups in total. The van der Waals surface area contributed by atoms with Gasteiger partial charge in [-0.1, -0.05) is 18.9 Å². The molecule has 2 aliphatic rings. The minimum Gasteiger partial charge on any atom is -0.342 e. The molecular weight excluding hydrogens is 358 g/mol. The third kappa shape index (κ3) is 3.46. The number of piperazine rings is 1. The Balaban J connectivity index is 1.64. The summed E-state index contributed by atoms with van der Waals surface area (Å²) in [7, 11) is 0. The van der Waals surface area contributed by atoms with Crippen molar-refractivity contribution in [2.24, 2.45) is 0 Å². The Morgan fingerprint density at radius 1 is 0.857 bits per heavy atom. The first-order valence-corrected chi connectivity index (χ1v) is 9.94. The van der Waals surface area contributed by atoms with Crippen molar-refractivity contribution in [1.82, 2.24) is 24.1 Å². The predicted molar refractivity (Wildman–Crippen MR) is 103 cm³/mol. The summed E-state index contributed by atoms with van der Waals surface area (Å²) >= 11 is 0. The van der Waals surface area contributed by atoms with E-state index in [4.69, 9.17) is 0 Å². The summed E-state index contributed by atoms with van der Waals surface area (Å²) in [5.41, 5.74) is 1.00. The second-order valence-electron chi connectivity index (χ2n) is 7.38. The van der Waals surface area contributed by atoms with Crippen molar-refractivity contribution < 1.29 is 14.4 Å². The number of carbonyl (C=O) groups is 3. The third-order valence-corrected chi connectivity index (χ3v) is 5.59. The van der Waals surface area contributed by atoms with Crippen LogP contribution in [0.2, 0.25) is 0 Å². The number of carbonyl (C=O) groups excluding carboxylic acids is 3.